The van der Waals surface area contributed by atoms with Crippen LogP contribution in [0.25, 0.3) is 0 Å². The second-order valence-corrected chi connectivity index (χ2v) is 7.76. The van der Waals surface area contributed by atoms with Gasteiger partial charge in [-0.25, -0.2) is 4.98 Å². The molecule has 0 aliphatic carbocycles. The molecule has 0 spiro atoms. The molecule has 2 atom stereocenters. The zero-order chi connectivity index (χ0) is 16.4. The normalized spacial score (nSPS) is 18.7. The minimum atomic E-state index is -0.422. The van der Waals surface area contributed by atoms with Gasteiger partial charge in [0.05, 0.1) is 11.7 Å². The number of carbonyl (C=O) groups excluding carboxylic acids is 2. The lowest BCUT2D eigenvalue weighted by molar-refractivity contribution is -0.126. The topological polar surface area (TPSA) is 71.1 Å². The van der Waals surface area contributed by atoms with Crippen LogP contribution in [0.5, 0.6) is 0 Å². The van der Waals surface area contributed by atoms with Crippen molar-refractivity contribution in [1.82, 2.24) is 15.6 Å². The molecule has 2 N–H and O–H groups in total. The van der Waals surface area contributed by atoms with Crippen LogP contribution in [0, 0.1) is 13.8 Å². The fourth-order valence-electron chi connectivity index (χ4n) is 2.57. The minimum Gasteiger partial charge on any atom is -0.345 e. The maximum Gasteiger partial charge on any atom is 0.243 e. The number of carbonyl (C=O) groups is 2. The van der Waals surface area contributed by atoms with E-state index in [1.807, 2.05) is 19.2 Å². The van der Waals surface area contributed by atoms with Gasteiger partial charge in [0.25, 0.3) is 0 Å². The molecule has 23 heavy (non-hydrogen) atoms. The van der Waals surface area contributed by atoms with Gasteiger partial charge in [-0.2, -0.15) is 11.3 Å². The monoisotopic (exact) mass is 349 g/mol. The number of nitrogens with zero attached hydrogens (tertiary/aromatic N) is 1. The van der Waals surface area contributed by atoms with E-state index in [-0.39, 0.29) is 17.9 Å². The molecule has 1 aliphatic rings. The fourth-order valence-corrected chi connectivity index (χ4v) is 4.23. The highest BCUT2D eigenvalue weighted by Gasteiger charge is 2.29. The summed E-state index contributed by atoms with van der Waals surface area (Å²) in [6.45, 7) is 4.02. The summed E-state index contributed by atoms with van der Waals surface area (Å²) in [5.74, 6) is -0.179. The van der Waals surface area contributed by atoms with Gasteiger partial charge in [-0.1, -0.05) is 0 Å². The highest BCUT2D eigenvalue weighted by atomic mass is 32.1. The molecule has 2 amide bonds. The zero-order valence-corrected chi connectivity index (χ0v) is 14.7. The number of rotatable bonds is 5. The summed E-state index contributed by atoms with van der Waals surface area (Å²) in [5, 5.41) is 10.8. The molecule has 1 aliphatic heterocycles. The predicted molar refractivity (Wildman–Crippen MR) is 91.7 cm³/mol. The molecule has 3 rings (SSSR count). The molecule has 0 radical (unpaired) electrons. The van der Waals surface area contributed by atoms with Crippen LogP contribution >= 0.6 is 22.7 Å². The van der Waals surface area contributed by atoms with E-state index in [9.17, 15) is 9.59 Å². The molecule has 0 unspecified atom stereocenters. The highest BCUT2D eigenvalue weighted by molar-refractivity contribution is 7.11. The first-order chi connectivity index (χ1) is 11.0. The van der Waals surface area contributed by atoms with Crippen LogP contribution in [-0.4, -0.2) is 22.8 Å². The molecule has 2 aromatic heterocycles. The molecule has 7 heteroatoms. The number of hydrogen-bond donors (Lipinski definition) is 2. The maximum atomic E-state index is 12.4. The first-order valence-electron chi connectivity index (χ1n) is 7.57. The minimum absolute atomic E-state index is 0.0551. The summed E-state index contributed by atoms with van der Waals surface area (Å²) in [4.78, 5) is 29.5. The van der Waals surface area contributed by atoms with E-state index in [0.29, 0.717) is 19.3 Å². The van der Waals surface area contributed by atoms with E-state index in [2.05, 4.69) is 27.1 Å². The Kier molecular flexibility index (Phi) is 4.77. The van der Waals surface area contributed by atoms with Crippen molar-refractivity contribution in [3.05, 3.63) is 38.0 Å². The summed E-state index contributed by atoms with van der Waals surface area (Å²) in [6.07, 6.45) is 1.69. The first-order valence-corrected chi connectivity index (χ1v) is 9.33. The average molecular weight is 349 g/mol. The van der Waals surface area contributed by atoms with Crippen LogP contribution in [-0.2, 0) is 16.0 Å². The maximum absolute atomic E-state index is 12.4. The van der Waals surface area contributed by atoms with Crippen LogP contribution in [0.15, 0.2) is 16.8 Å². The van der Waals surface area contributed by atoms with Crippen LogP contribution in [0.3, 0.4) is 0 Å². The number of thiazole rings is 1. The smallest absolute Gasteiger partial charge is 0.243 e. The SMILES string of the molecule is Cc1nc([C@@H](Cc2ccsc2)NC(=O)[C@@H]2CCC(=O)N2)sc1C. The molecule has 0 bridgehead atoms. The lowest BCUT2D eigenvalue weighted by Gasteiger charge is -2.19. The predicted octanol–water partition coefficient (Wildman–Crippen LogP) is 2.50. The van der Waals surface area contributed by atoms with Gasteiger partial charge in [-0.15, -0.1) is 11.3 Å². The summed E-state index contributed by atoms with van der Waals surface area (Å²) < 4.78 is 0. The summed E-state index contributed by atoms with van der Waals surface area (Å²) in [6, 6.07) is 1.48. The zero-order valence-electron chi connectivity index (χ0n) is 13.1. The molecule has 1 fully saturated rings. The van der Waals surface area contributed by atoms with Gasteiger partial charge in [-0.3, -0.25) is 9.59 Å². The van der Waals surface area contributed by atoms with Gasteiger partial charge in [0.1, 0.15) is 11.0 Å². The lowest BCUT2D eigenvalue weighted by atomic mass is 10.1. The van der Waals surface area contributed by atoms with Crippen molar-refractivity contribution < 1.29 is 9.59 Å². The average Bonchev–Trinajstić information content (AvgIpc) is 3.22. The van der Waals surface area contributed by atoms with E-state index >= 15 is 0 Å². The van der Waals surface area contributed by atoms with E-state index in [4.69, 9.17) is 0 Å². The fraction of sp³-hybridized carbons (Fsp3) is 0.438. The molecular formula is C16H19N3O2S2. The van der Waals surface area contributed by atoms with Gasteiger partial charge in [0.2, 0.25) is 11.8 Å². The molecule has 1 saturated heterocycles. The van der Waals surface area contributed by atoms with Crippen LogP contribution < -0.4 is 10.6 Å². The number of aromatic nitrogens is 1. The molecule has 0 saturated carbocycles. The number of thiophene rings is 1. The molecule has 3 heterocycles. The number of aryl methyl sites for hydroxylation is 2. The Bertz CT molecular complexity index is 689. The van der Waals surface area contributed by atoms with E-state index in [1.165, 1.54) is 10.4 Å². The number of amides is 2. The Morgan fingerprint density at radius 1 is 1.52 bits per heavy atom. The van der Waals surface area contributed by atoms with Gasteiger partial charge < -0.3 is 10.6 Å². The van der Waals surface area contributed by atoms with Crippen molar-refractivity contribution in [2.24, 2.45) is 0 Å². The Morgan fingerprint density at radius 2 is 2.35 bits per heavy atom. The van der Waals surface area contributed by atoms with Crippen LogP contribution in [0.2, 0.25) is 0 Å². The molecule has 122 valence electrons. The summed E-state index contributed by atoms with van der Waals surface area (Å²) >= 11 is 3.26. The highest BCUT2D eigenvalue weighted by Crippen LogP contribution is 2.26. The Hall–Kier alpha value is -1.73. The molecule has 2 aromatic rings. The van der Waals surface area contributed by atoms with E-state index in [1.54, 1.807) is 22.7 Å². The second kappa shape index (κ2) is 6.80. The quantitative estimate of drug-likeness (QED) is 0.871. The Morgan fingerprint density at radius 3 is 2.91 bits per heavy atom. The molecule has 5 nitrogen and oxygen atoms in total. The van der Waals surface area contributed by atoms with E-state index < -0.39 is 6.04 Å². The third kappa shape index (κ3) is 3.79. The van der Waals surface area contributed by atoms with E-state index in [0.717, 1.165) is 10.7 Å². The van der Waals surface area contributed by atoms with Crippen molar-refractivity contribution in [2.75, 3.05) is 0 Å². The molecular weight excluding hydrogens is 330 g/mol. The Balaban J connectivity index is 1.77. The van der Waals surface area contributed by atoms with Gasteiger partial charge in [0, 0.05) is 17.7 Å². The third-order valence-corrected chi connectivity index (χ3v) is 5.91. The van der Waals surface area contributed by atoms with Gasteiger partial charge >= 0.3 is 0 Å². The first kappa shape index (κ1) is 16.1. The Labute approximate surface area is 143 Å². The standard InChI is InChI=1S/C16H19N3O2S2/c1-9-10(2)23-16(17-9)13(7-11-5-6-22-8-11)19-15(21)12-3-4-14(20)18-12/h5-6,8,12-13H,3-4,7H2,1-2H3,(H,18,20)(H,19,21)/t12-,13+/m0/s1. The second-order valence-electron chi connectivity index (χ2n) is 5.75. The number of nitrogens with one attached hydrogen (secondary N) is 2. The molecule has 0 aromatic carbocycles. The van der Waals surface area contributed by atoms with Crippen LogP contribution in [0.1, 0.15) is 40.0 Å². The number of hydrogen-bond acceptors (Lipinski definition) is 5. The van der Waals surface area contributed by atoms with Gasteiger partial charge in [-0.05, 0) is 42.7 Å². The van der Waals surface area contributed by atoms with Crippen molar-refractivity contribution in [2.45, 2.75) is 45.2 Å². The largest absolute Gasteiger partial charge is 0.345 e. The van der Waals surface area contributed by atoms with Crippen molar-refractivity contribution in [3.8, 4) is 0 Å². The summed E-state index contributed by atoms with van der Waals surface area (Å²) in [5.41, 5.74) is 2.19. The van der Waals surface area contributed by atoms with Gasteiger partial charge in [0.15, 0.2) is 0 Å². The lowest BCUT2D eigenvalue weighted by Crippen LogP contribution is -2.43. The van der Waals surface area contributed by atoms with Crippen LogP contribution in [0.4, 0.5) is 0 Å². The van der Waals surface area contributed by atoms with Crippen molar-refractivity contribution in [1.29, 1.82) is 0 Å². The van der Waals surface area contributed by atoms with Crippen molar-refractivity contribution in [3.63, 3.8) is 0 Å². The van der Waals surface area contributed by atoms with Crippen molar-refractivity contribution >= 4 is 34.5 Å². The summed E-state index contributed by atoms with van der Waals surface area (Å²) in [7, 11) is 0. The third-order valence-electron chi connectivity index (χ3n) is 3.99.